The van der Waals surface area contributed by atoms with Crippen LogP contribution in [0.15, 0.2) is 36.4 Å². The molecule has 4 rings (SSSR count). The van der Waals surface area contributed by atoms with Crippen LogP contribution in [-0.4, -0.2) is 62.1 Å². The van der Waals surface area contributed by atoms with E-state index in [0.29, 0.717) is 33.7 Å². The van der Waals surface area contributed by atoms with E-state index in [1.165, 1.54) is 0 Å². The first kappa shape index (κ1) is 25.0. The Labute approximate surface area is 211 Å². The Balaban J connectivity index is 1.38. The van der Waals surface area contributed by atoms with Crippen LogP contribution in [0.3, 0.4) is 0 Å². The number of carbonyl (C=O) groups excluding carboxylic acids is 4. The van der Waals surface area contributed by atoms with Crippen molar-refractivity contribution in [2.75, 3.05) is 36.5 Å². The number of nitrogens with zero attached hydrogens (tertiary/aromatic N) is 1. The fourth-order valence-corrected chi connectivity index (χ4v) is 4.57. The topological polar surface area (TPSA) is 129 Å². The van der Waals surface area contributed by atoms with Gasteiger partial charge in [0.1, 0.15) is 12.6 Å². The molecule has 35 heavy (non-hydrogen) atoms. The third-order valence-electron chi connectivity index (χ3n) is 5.76. The van der Waals surface area contributed by atoms with E-state index in [0.717, 1.165) is 30.6 Å². The maximum Gasteiger partial charge on any atom is 0.315 e. The lowest BCUT2D eigenvalue weighted by atomic mass is 9.93. The summed E-state index contributed by atoms with van der Waals surface area (Å²) in [5.74, 6) is -1.01. The molecule has 1 saturated heterocycles. The van der Waals surface area contributed by atoms with E-state index in [-0.39, 0.29) is 31.0 Å². The minimum absolute atomic E-state index is 0.0398. The van der Waals surface area contributed by atoms with Crippen molar-refractivity contribution in [3.63, 3.8) is 0 Å². The van der Waals surface area contributed by atoms with Crippen LogP contribution in [0.1, 0.15) is 28.9 Å². The Morgan fingerprint density at radius 2 is 1.91 bits per heavy atom. The molecule has 1 aromatic carbocycles. The van der Waals surface area contributed by atoms with Crippen LogP contribution in [0.4, 0.5) is 16.2 Å². The van der Waals surface area contributed by atoms with Crippen molar-refractivity contribution in [1.82, 2.24) is 16.0 Å². The summed E-state index contributed by atoms with van der Waals surface area (Å²) in [5.41, 5.74) is 1.19. The van der Waals surface area contributed by atoms with Crippen molar-refractivity contribution < 1.29 is 23.9 Å². The van der Waals surface area contributed by atoms with Gasteiger partial charge in [-0.2, -0.15) is 0 Å². The van der Waals surface area contributed by atoms with Crippen LogP contribution in [0.25, 0.3) is 0 Å². The Morgan fingerprint density at radius 1 is 1.14 bits per heavy atom. The molecule has 186 valence electrons. The number of benzene rings is 1. The molecule has 1 atom stereocenters. The summed E-state index contributed by atoms with van der Waals surface area (Å²) in [4.78, 5) is 51.9. The predicted molar refractivity (Wildman–Crippen MR) is 133 cm³/mol. The molecule has 0 unspecified atom stereocenters. The molecular formula is C23H26ClN5O5S. The molecule has 2 aliphatic rings. The second-order valence-electron chi connectivity index (χ2n) is 8.25. The van der Waals surface area contributed by atoms with Gasteiger partial charge in [-0.15, -0.1) is 11.3 Å². The van der Waals surface area contributed by atoms with Crippen molar-refractivity contribution >= 4 is 58.1 Å². The third-order valence-corrected chi connectivity index (χ3v) is 6.99. The van der Waals surface area contributed by atoms with Crippen LogP contribution in [0.5, 0.6) is 0 Å². The summed E-state index contributed by atoms with van der Waals surface area (Å²) in [5, 5.41) is 10.9. The summed E-state index contributed by atoms with van der Waals surface area (Å²) < 4.78 is 5.62. The van der Waals surface area contributed by atoms with E-state index in [9.17, 15) is 19.2 Å². The molecule has 10 nitrogen and oxygen atoms in total. The predicted octanol–water partition coefficient (Wildman–Crippen LogP) is 2.35. The Bertz CT molecular complexity index is 1090. The van der Waals surface area contributed by atoms with Gasteiger partial charge in [-0.05, 0) is 55.7 Å². The quantitative estimate of drug-likeness (QED) is 0.425. The standard InChI is InChI=1S/C23H26ClN5O5S/c24-19-9-8-18(35-19)22(32)25-12-17(28-23(33)27-14-2-1-3-14)21(31)26-15-4-6-16(7-5-15)29-10-11-34-13-20(29)30/h4-9,14,17H,1-3,10-13H2,(H,25,32)(H,26,31)(H2,27,28,33)/t17-/m1/s1. The monoisotopic (exact) mass is 519 g/mol. The van der Waals surface area contributed by atoms with E-state index in [2.05, 4.69) is 21.3 Å². The van der Waals surface area contributed by atoms with Crippen LogP contribution in [-0.2, 0) is 14.3 Å². The smallest absolute Gasteiger partial charge is 0.315 e. The SMILES string of the molecule is O=C(NC1CCC1)N[C@H](CNC(=O)c1ccc(Cl)s1)C(=O)Nc1ccc(N2CCOCC2=O)cc1. The number of morpholine rings is 1. The summed E-state index contributed by atoms with van der Waals surface area (Å²) in [6.07, 6.45) is 2.86. The molecule has 1 aromatic heterocycles. The van der Waals surface area contributed by atoms with Crippen LogP contribution >= 0.6 is 22.9 Å². The largest absolute Gasteiger partial charge is 0.370 e. The number of amides is 5. The summed E-state index contributed by atoms with van der Waals surface area (Å²) in [6.45, 7) is 0.850. The van der Waals surface area contributed by atoms with Gasteiger partial charge >= 0.3 is 6.03 Å². The zero-order valence-corrected chi connectivity index (χ0v) is 20.4. The van der Waals surface area contributed by atoms with Gasteiger partial charge in [-0.1, -0.05) is 11.6 Å². The molecule has 1 aliphatic heterocycles. The first-order valence-corrected chi connectivity index (χ1v) is 12.5. The number of thiophene rings is 1. The number of ether oxygens (including phenoxy) is 1. The second kappa shape index (κ2) is 11.5. The van der Waals surface area contributed by atoms with E-state index in [1.807, 2.05) is 0 Å². The number of anilines is 2. The fraction of sp³-hybridized carbons (Fsp3) is 0.391. The Kier molecular flexibility index (Phi) is 8.21. The maximum atomic E-state index is 13.0. The molecule has 4 N–H and O–H groups in total. The molecular weight excluding hydrogens is 494 g/mol. The Hall–Kier alpha value is -3.15. The third kappa shape index (κ3) is 6.71. The molecule has 2 heterocycles. The maximum absolute atomic E-state index is 13.0. The van der Waals surface area contributed by atoms with E-state index in [4.69, 9.17) is 16.3 Å². The number of hydrogen-bond acceptors (Lipinski definition) is 6. The van der Waals surface area contributed by atoms with E-state index in [1.54, 1.807) is 41.3 Å². The van der Waals surface area contributed by atoms with Crippen molar-refractivity contribution in [3.05, 3.63) is 45.6 Å². The average molecular weight is 520 g/mol. The fourth-order valence-electron chi connectivity index (χ4n) is 3.61. The first-order valence-electron chi connectivity index (χ1n) is 11.3. The van der Waals surface area contributed by atoms with Crippen LogP contribution in [0, 0.1) is 0 Å². The van der Waals surface area contributed by atoms with E-state index < -0.39 is 18.0 Å². The number of hydrogen-bond donors (Lipinski definition) is 4. The number of halogens is 1. The van der Waals surface area contributed by atoms with Crippen molar-refractivity contribution in [2.24, 2.45) is 0 Å². The van der Waals surface area contributed by atoms with Gasteiger partial charge in [-0.25, -0.2) is 4.79 Å². The lowest BCUT2D eigenvalue weighted by Crippen LogP contribution is -2.55. The molecule has 1 aliphatic carbocycles. The summed E-state index contributed by atoms with van der Waals surface area (Å²) >= 11 is 7.02. The van der Waals surface area contributed by atoms with Crippen LogP contribution < -0.4 is 26.2 Å². The minimum atomic E-state index is -1.02. The molecule has 2 fully saturated rings. The van der Waals surface area contributed by atoms with Crippen molar-refractivity contribution in [2.45, 2.75) is 31.3 Å². The van der Waals surface area contributed by atoms with Crippen molar-refractivity contribution in [3.8, 4) is 0 Å². The molecule has 2 aromatic rings. The highest BCUT2D eigenvalue weighted by atomic mass is 35.5. The highest BCUT2D eigenvalue weighted by molar-refractivity contribution is 7.18. The highest BCUT2D eigenvalue weighted by Crippen LogP contribution is 2.22. The second-order valence-corrected chi connectivity index (χ2v) is 9.96. The number of nitrogens with one attached hydrogen (secondary N) is 4. The molecule has 5 amide bonds. The lowest BCUT2D eigenvalue weighted by molar-refractivity contribution is -0.125. The van der Waals surface area contributed by atoms with Crippen molar-refractivity contribution in [1.29, 1.82) is 0 Å². The van der Waals surface area contributed by atoms with Gasteiger partial charge in [0.2, 0.25) is 5.91 Å². The highest BCUT2D eigenvalue weighted by Gasteiger charge is 2.26. The normalized spacial score (nSPS) is 16.7. The first-order chi connectivity index (χ1) is 16.9. The molecule has 0 radical (unpaired) electrons. The minimum Gasteiger partial charge on any atom is -0.370 e. The Morgan fingerprint density at radius 3 is 2.54 bits per heavy atom. The number of carbonyl (C=O) groups is 4. The van der Waals surface area contributed by atoms with Crippen LogP contribution in [0.2, 0.25) is 4.34 Å². The zero-order chi connectivity index (χ0) is 24.8. The zero-order valence-electron chi connectivity index (χ0n) is 18.8. The number of urea groups is 1. The van der Waals surface area contributed by atoms with E-state index >= 15 is 0 Å². The molecule has 0 bridgehead atoms. The van der Waals surface area contributed by atoms with Gasteiger partial charge in [0.15, 0.2) is 0 Å². The molecule has 0 spiro atoms. The van der Waals surface area contributed by atoms with Gasteiger partial charge in [0.05, 0.1) is 15.8 Å². The van der Waals surface area contributed by atoms with Gasteiger partial charge in [0.25, 0.3) is 11.8 Å². The molecule has 1 saturated carbocycles. The van der Waals surface area contributed by atoms with Gasteiger partial charge in [-0.3, -0.25) is 14.4 Å². The summed E-state index contributed by atoms with van der Waals surface area (Å²) in [6, 6.07) is 8.62. The molecule has 12 heteroatoms. The lowest BCUT2D eigenvalue weighted by Gasteiger charge is -2.28. The number of rotatable bonds is 8. The van der Waals surface area contributed by atoms with Gasteiger partial charge in [0, 0.05) is 30.5 Å². The average Bonchev–Trinajstić information content (AvgIpc) is 3.26. The van der Waals surface area contributed by atoms with Gasteiger partial charge < -0.3 is 30.9 Å². The summed E-state index contributed by atoms with van der Waals surface area (Å²) in [7, 11) is 0.